The molecule has 1 N–H and O–H groups in total. The molecule has 0 saturated heterocycles. The summed E-state index contributed by atoms with van der Waals surface area (Å²) >= 11 is 0. The van der Waals surface area contributed by atoms with Crippen molar-refractivity contribution < 1.29 is 27.4 Å². The van der Waals surface area contributed by atoms with Crippen molar-refractivity contribution >= 4 is 11.6 Å². The lowest BCUT2D eigenvalue weighted by Crippen LogP contribution is -2.13. The summed E-state index contributed by atoms with van der Waals surface area (Å²) in [7, 11) is 1.41. The molecule has 0 unspecified atom stereocenters. The van der Waals surface area contributed by atoms with Crippen molar-refractivity contribution in [2.75, 3.05) is 12.4 Å². The highest BCUT2D eigenvalue weighted by Crippen LogP contribution is 2.29. The van der Waals surface area contributed by atoms with Gasteiger partial charge in [0.1, 0.15) is 24.1 Å². The third kappa shape index (κ3) is 4.62. The standard InChI is InChI=1S/C21H16F3NO3/c1-27-20-10-14(21(26)25-18-7-6-16(23)11-17(18)24)5-8-19(20)28-12-13-3-2-4-15(22)9-13/h2-11H,12H2,1H3,(H,25,26). The lowest BCUT2D eigenvalue weighted by molar-refractivity contribution is 0.102. The van der Waals surface area contributed by atoms with Crippen LogP contribution in [0.2, 0.25) is 0 Å². The van der Waals surface area contributed by atoms with Gasteiger partial charge in [0.15, 0.2) is 11.5 Å². The summed E-state index contributed by atoms with van der Waals surface area (Å²) < 4.78 is 50.8. The SMILES string of the molecule is COc1cc(C(=O)Nc2ccc(F)cc2F)ccc1OCc1cccc(F)c1. The quantitative estimate of drug-likeness (QED) is 0.652. The molecule has 4 nitrogen and oxygen atoms in total. The first-order chi connectivity index (χ1) is 13.5. The van der Waals surface area contributed by atoms with Crippen LogP contribution in [0.5, 0.6) is 11.5 Å². The van der Waals surface area contributed by atoms with Gasteiger partial charge in [0, 0.05) is 11.6 Å². The van der Waals surface area contributed by atoms with E-state index in [4.69, 9.17) is 9.47 Å². The number of rotatable bonds is 6. The number of amides is 1. The second-order valence-corrected chi connectivity index (χ2v) is 5.86. The summed E-state index contributed by atoms with van der Waals surface area (Å²) in [6, 6.07) is 13.3. The van der Waals surface area contributed by atoms with Crippen LogP contribution in [0.15, 0.2) is 60.7 Å². The number of benzene rings is 3. The third-order valence-corrected chi connectivity index (χ3v) is 3.89. The fourth-order valence-corrected chi connectivity index (χ4v) is 2.50. The van der Waals surface area contributed by atoms with E-state index in [1.165, 1.54) is 37.4 Å². The van der Waals surface area contributed by atoms with Crippen molar-refractivity contribution in [1.82, 2.24) is 0 Å². The number of hydrogen-bond acceptors (Lipinski definition) is 3. The number of methoxy groups -OCH3 is 1. The van der Waals surface area contributed by atoms with E-state index in [2.05, 4.69) is 5.32 Å². The molecule has 1 amide bonds. The third-order valence-electron chi connectivity index (χ3n) is 3.89. The first-order valence-corrected chi connectivity index (χ1v) is 8.28. The molecule has 28 heavy (non-hydrogen) atoms. The monoisotopic (exact) mass is 387 g/mol. The van der Waals surface area contributed by atoms with E-state index in [0.29, 0.717) is 17.4 Å². The predicted molar refractivity (Wildman–Crippen MR) is 98.0 cm³/mol. The van der Waals surface area contributed by atoms with Crippen molar-refractivity contribution in [3.05, 3.63) is 89.2 Å². The average molecular weight is 387 g/mol. The fourth-order valence-electron chi connectivity index (χ4n) is 2.50. The maximum atomic E-state index is 13.7. The smallest absolute Gasteiger partial charge is 0.255 e. The highest BCUT2D eigenvalue weighted by molar-refractivity contribution is 6.04. The maximum absolute atomic E-state index is 13.7. The van der Waals surface area contributed by atoms with Crippen molar-refractivity contribution in [2.24, 2.45) is 0 Å². The minimum absolute atomic E-state index is 0.112. The summed E-state index contributed by atoms with van der Waals surface area (Å²) in [5.41, 5.74) is 0.686. The van der Waals surface area contributed by atoms with E-state index in [1.54, 1.807) is 12.1 Å². The molecule has 0 spiro atoms. The Bertz CT molecular complexity index is 1010. The van der Waals surface area contributed by atoms with E-state index in [1.807, 2.05) is 0 Å². The molecule has 0 saturated carbocycles. The second kappa shape index (κ2) is 8.47. The van der Waals surface area contributed by atoms with Gasteiger partial charge in [0.2, 0.25) is 0 Å². The molecule has 7 heteroatoms. The zero-order chi connectivity index (χ0) is 20.1. The number of nitrogens with one attached hydrogen (secondary N) is 1. The van der Waals surface area contributed by atoms with E-state index < -0.39 is 17.5 Å². The van der Waals surface area contributed by atoms with E-state index in [-0.39, 0.29) is 29.4 Å². The number of halogens is 3. The summed E-state index contributed by atoms with van der Waals surface area (Å²) in [6.07, 6.45) is 0. The van der Waals surface area contributed by atoms with E-state index >= 15 is 0 Å². The molecule has 0 aliphatic heterocycles. The molecule has 3 aromatic rings. The average Bonchev–Trinajstić information content (AvgIpc) is 2.68. The van der Waals surface area contributed by atoms with E-state index in [0.717, 1.165) is 12.1 Å². The van der Waals surface area contributed by atoms with Crippen LogP contribution in [-0.4, -0.2) is 13.0 Å². The van der Waals surface area contributed by atoms with E-state index in [9.17, 15) is 18.0 Å². The van der Waals surface area contributed by atoms with Crippen molar-refractivity contribution in [2.45, 2.75) is 6.61 Å². The minimum Gasteiger partial charge on any atom is -0.493 e. The van der Waals surface area contributed by atoms with Crippen molar-refractivity contribution in [3.63, 3.8) is 0 Å². The van der Waals surface area contributed by atoms with Crippen LogP contribution >= 0.6 is 0 Å². The normalized spacial score (nSPS) is 10.4. The van der Waals surface area contributed by atoms with Crippen LogP contribution in [0.1, 0.15) is 15.9 Å². The van der Waals surface area contributed by atoms with Gasteiger partial charge in [-0.05, 0) is 48.0 Å². The Morgan fingerprint density at radius 3 is 2.43 bits per heavy atom. The van der Waals surface area contributed by atoms with Gasteiger partial charge in [-0.15, -0.1) is 0 Å². The van der Waals surface area contributed by atoms with Crippen LogP contribution in [0.25, 0.3) is 0 Å². The molecule has 0 fully saturated rings. The molecule has 0 heterocycles. The van der Waals surface area contributed by atoms with Gasteiger partial charge < -0.3 is 14.8 Å². The van der Waals surface area contributed by atoms with Gasteiger partial charge in [-0.1, -0.05) is 12.1 Å². The molecular formula is C21H16F3NO3. The molecule has 0 aliphatic carbocycles. The number of ether oxygens (including phenoxy) is 2. The van der Waals surface area contributed by atoms with Gasteiger partial charge >= 0.3 is 0 Å². The first kappa shape index (κ1) is 19.3. The van der Waals surface area contributed by atoms with Gasteiger partial charge in [-0.2, -0.15) is 0 Å². The topological polar surface area (TPSA) is 47.6 Å². The Kier molecular flexibility index (Phi) is 5.84. The lowest BCUT2D eigenvalue weighted by Gasteiger charge is -2.13. The molecule has 3 rings (SSSR count). The molecular weight excluding hydrogens is 371 g/mol. The summed E-state index contributed by atoms with van der Waals surface area (Å²) in [6.45, 7) is 0.112. The molecule has 0 atom stereocenters. The highest BCUT2D eigenvalue weighted by atomic mass is 19.1. The van der Waals surface area contributed by atoms with Crippen LogP contribution < -0.4 is 14.8 Å². The summed E-state index contributed by atoms with van der Waals surface area (Å²) in [4.78, 5) is 12.3. The van der Waals surface area contributed by atoms with Crippen LogP contribution in [0.3, 0.4) is 0 Å². The number of anilines is 1. The number of hydrogen-bond donors (Lipinski definition) is 1. The predicted octanol–water partition coefficient (Wildman–Crippen LogP) is 4.94. The Morgan fingerprint density at radius 1 is 0.929 bits per heavy atom. The lowest BCUT2D eigenvalue weighted by atomic mass is 10.1. The number of carbonyl (C=O) groups excluding carboxylic acids is 1. The Hall–Kier alpha value is -3.48. The zero-order valence-electron chi connectivity index (χ0n) is 14.8. The summed E-state index contributed by atoms with van der Waals surface area (Å²) in [5, 5.41) is 2.37. The summed E-state index contributed by atoms with van der Waals surface area (Å²) in [5.74, 6) is -1.94. The number of carbonyl (C=O) groups is 1. The molecule has 0 bridgehead atoms. The fraction of sp³-hybridized carbons (Fsp3) is 0.0952. The van der Waals surface area contributed by atoms with Crippen LogP contribution in [-0.2, 0) is 6.61 Å². The highest BCUT2D eigenvalue weighted by Gasteiger charge is 2.14. The Morgan fingerprint density at radius 2 is 1.71 bits per heavy atom. The largest absolute Gasteiger partial charge is 0.493 e. The molecule has 144 valence electrons. The molecule has 0 aromatic heterocycles. The van der Waals surface area contributed by atoms with Crippen LogP contribution in [0, 0.1) is 17.5 Å². The molecule has 3 aromatic carbocycles. The van der Waals surface area contributed by atoms with Gasteiger partial charge in [-0.3, -0.25) is 4.79 Å². The Balaban J connectivity index is 1.73. The van der Waals surface area contributed by atoms with Crippen LogP contribution in [0.4, 0.5) is 18.9 Å². The second-order valence-electron chi connectivity index (χ2n) is 5.86. The van der Waals surface area contributed by atoms with Crippen molar-refractivity contribution in [1.29, 1.82) is 0 Å². The Labute approximate surface area is 159 Å². The van der Waals surface area contributed by atoms with Gasteiger partial charge in [-0.25, -0.2) is 13.2 Å². The van der Waals surface area contributed by atoms with Crippen molar-refractivity contribution in [3.8, 4) is 11.5 Å². The zero-order valence-corrected chi connectivity index (χ0v) is 14.8. The maximum Gasteiger partial charge on any atom is 0.255 e. The van der Waals surface area contributed by atoms with Gasteiger partial charge in [0.05, 0.1) is 12.8 Å². The first-order valence-electron chi connectivity index (χ1n) is 8.28. The molecule has 0 aliphatic rings. The van der Waals surface area contributed by atoms with Gasteiger partial charge in [0.25, 0.3) is 5.91 Å². The molecule has 0 radical (unpaired) electrons. The minimum atomic E-state index is -0.879.